The number of thioether (sulfide) groups is 1. The number of hydrogen-bond donors (Lipinski definition) is 0. The van der Waals surface area contributed by atoms with E-state index < -0.39 is 0 Å². The van der Waals surface area contributed by atoms with Crippen molar-refractivity contribution in [3.8, 4) is 11.5 Å². The van der Waals surface area contributed by atoms with Gasteiger partial charge in [0, 0.05) is 20.3 Å². The summed E-state index contributed by atoms with van der Waals surface area (Å²) in [6, 6.07) is 5.51. The summed E-state index contributed by atoms with van der Waals surface area (Å²) in [5.74, 6) is 1.21. The van der Waals surface area contributed by atoms with E-state index in [1.165, 1.54) is 11.8 Å². The van der Waals surface area contributed by atoms with E-state index in [4.69, 9.17) is 26.4 Å². The quantitative estimate of drug-likeness (QED) is 0.427. The number of carbonyl (C=O) groups is 1. The van der Waals surface area contributed by atoms with Crippen LogP contribution in [0, 0.1) is 0 Å². The fourth-order valence-electron chi connectivity index (χ4n) is 2.15. The van der Waals surface area contributed by atoms with E-state index in [0.29, 0.717) is 33.9 Å². The molecule has 2 rings (SSSR count). The van der Waals surface area contributed by atoms with Gasteiger partial charge in [-0.3, -0.25) is 9.69 Å². The van der Waals surface area contributed by atoms with Gasteiger partial charge < -0.3 is 14.2 Å². The molecular weight excluding hydrogens is 334 g/mol. The molecule has 1 amide bonds. The summed E-state index contributed by atoms with van der Waals surface area (Å²) >= 11 is 6.60. The fraction of sp³-hybridized carbons (Fsp3) is 0.375. The maximum atomic E-state index is 12.4. The second-order valence-corrected chi connectivity index (χ2v) is 6.47. The molecule has 0 aliphatic carbocycles. The van der Waals surface area contributed by atoms with Crippen molar-refractivity contribution >= 4 is 40.3 Å². The minimum Gasteiger partial charge on any atom is -0.493 e. The molecule has 1 aromatic carbocycles. The number of thiocarbonyl (C=S) groups is 1. The van der Waals surface area contributed by atoms with Crippen LogP contribution in [0.25, 0.3) is 6.08 Å². The van der Waals surface area contributed by atoms with E-state index >= 15 is 0 Å². The van der Waals surface area contributed by atoms with E-state index in [1.54, 1.807) is 26.2 Å². The first-order valence-corrected chi connectivity index (χ1v) is 8.29. The van der Waals surface area contributed by atoms with Crippen molar-refractivity contribution in [1.29, 1.82) is 0 Å². The molecule has 1 aliphatic heterocycles. The van der Waals surface area contributed by atoms with Gasteiger partial charge in [-0.2, -0.15) is 0 Å². The lowest BCUT2D eigenvalue weighted by Gasteiger charge is -2.13. The standard InChI is InChI=1S/C16H19NO4S2/c1-19-8-4-7-17-15(18)14(23-16(17)22)10-11-5-6-12(20-2)13(9-11)21-3/h5-6,9-10H,4,7-8H2,1-3H3/b14-10+. The fourth-order valence-corrected chi connectivity index (χ4v) is 3.46. The Balaban J connectivity index is 2.17. The molecule has 0 atom stereocenters. The van der Waals surface area contributed by atoms with Crippen molar-refractivity contribution in [2.45, 2.75) is 6.42 Å². The van der Waals surface area contributed by atoms with Gasteiger partial charge in [0.05, 0.1) is 19.1 Å². The molecule has 1 aromatic rings. The van der Waals surface area contributed by atoms with Crippen molar-refractivity contribution in [2.75, 3.05) is 34.5 Å². The van der Waals surface area contributed by atoms with Crippen molar-refractivity contribution in [3.63, 3.8) is 0 Å². The largest absolute Gasteiger partial charge is 0.493 e. The minimum absolute atomic E-state index is 0.0640. The normalized spacial score (nSPS) is 16.3. The lowest BCUT2D eigenvalue weighted by Crippen LogP contribution is -2.29. The molecule has 124 valence electrons. The number of carbonyl (C=O) groups excluding carboxylic acids is 1. The second kappa shape index (κ2) is 8.33. The minimum atomic E-state index is -0.0640. The summed E-state index contributed by atoms with van der Waals surface area (Å²) in [7, 11) is 4.81. The molecule has 0 saturated carbocycles. The topological polar surface area (TPSA) is 48.0 Å². The molecule has 0 radical (unpaired) electrons. The molecular formula is C16H19NO4S2. The van der Waals surface area contributed by atoms with Gasteiger partial charge in [0.25, 0.3) is 5.91 Å². The van der Waals surface area contributed by atoms with Gasteiger partial charge in [0.15, 0.2) is 11.5 Å². The highest BCUT2D eigenvalue weighted by Crippen LogP contribution is 2.34. The maximum Gasteiger partial charge on any atom is 0.266 e. The van der Waals surface area contributed by atoms with Crippen LogP contribution in [0.5, 0.6) is 11.5 Å². The number of hydrogen-bond acceptors (Lipinski definition) is 6. The lowest BCUT2D eigenvalue weighted by molar-refractivity contribution is -0.122. The Morgan fingerprint density at radius 2 is 1.96 bits per heavy atom. The number of ether oxygens (including phenoxy) is 3. The summed E-state index contributed by atoms with van der Waals surface area (Å²) in [6.07, 6.45) is 2.57. The van der Waals surface area contributed by atoms with E-state index in [0.717, 1.165) is 12.0 Å². The highest BCUT2D eigenvalue weighted by atomic mass is 32.2. The monoisotopic (exact) mass is 353 g/mol. The zero-order valence-corrected chi connectivity index (χ0v) is 15.0. The summed E-state index contributed by atoms with van der Waals surface area (Å²) in [6.45, 7) is 1.17. The number of methoxy groups -OCH3 is 3. The molecule has 1 fully saturated rings. The molecule has 0 bridgehead atoms. The maximum absolute atomic E-state index is 12.4. The summed E-state index contributed by atoms with van der Waals surface area (Å²) in [4.78, 5) is 14.7. The third-order valence-corrected chi connectivity index (χ3v) is 4.69. The van der Waals surface area contributed by atoms with Gasteiger partial charge >= 0.3 is 0 Å². The van der Waals surface area contributed by atoms with Gasteiger partial charge in [-0.1, -0.05) is 30.0 Å². The van der Waals surface area contributed by atoms with Crippen LogP contribution in [0.3, 0.4) is 0 Å². The molecule has 0 spiro atoms. The van der Waals surface area contributed by atoms with E-state index in [9.17, 15) is 4.79 Å². The number of benzene rings is 1. The van der Waals surface area contributed by atoms with Gasteiger partial charge in [-0.25, -0.2) is 0 Å². The predicted molar refractivity (Wildman–Crippen MR) is 95.9 cm³/mol. The van der Waals surface area contributed by atoms with Crippen LogP contribution in [-0.4, -0.2) is 49.6 Å². The first kappa shape index (κ1) is 17.8. The summed E-state index contributed by atoms with van der Waals surface area (Å²) in [5.41, 5.74) is 0.861. The van der Waals surface area contributed by atoms with Crippen LogP contribution < -0.4 is 9.47 Å². The SMILES string of the molecule is COCCCN1C(=O)/C(=C\c2ccc(OC)c(OC)c2)SC1=S. The third kappa shape index (κ3) is 4.25. The van der Waals surface area contributed by atoms with E-state index in [1.807, 2.05) is 24.3 Å². The van der Waals surface area contributed by atoms with Gasteiger partial charge in [-0.05, 0) is 30.2 Å². The number of nitrogens with zero attached hydrogens (tertiary/aromatic N) is 1. The van der Waals surface area contributed by atoms with Crippen LogP contribution in [0.4, 0.5) is 0 Å². The Labute approximate surface area is 145 Å². The Bertz CT molecular complexity index is 631. The smallest absolute Gasteiger partial charge is 0.266 e. The first-order chi connectivity index (χ1) is 11.1. The van der Waals surface area contributed by atoms with Crippen molar-refractivity contribution in [3.05, 3.63) is 28.7 Å². The Morgan fingerprint density at radius 3 is 2.61 bits per heavy atom. The van der Waals surface area contributed by atoms with Crippen molar-refractivity contribution in [1.82, 2.24) is 4.90 Å². The highest BCUT2D eigenvalue weighted by molar-refractivity contribution is 8.26. The lowest BCUT2D eigenvalue weighted by atomic mass is 10.2. The van der Waals surface area contributed by atoms with Crippen LogP contribution in [0.15, 0.2) is 23.1 Å². The highest BCUT2D eigenvalue weighted by Gasteiger charge is 2.31. The van der Waals surface area contributed by atoms with Crippen LogP contribution >= 0.6 is 24.0 Å². The molecule has 0 aromatic heterocycles. The Hall–Kier alpha value is -1.57. The molecule has 23 heavy (non-hydrogen) atoms. The summed E-state index contributed by atoms with van der Waals surface area (Å²) < 4.78 is 16.1. The molecule has 0 unspecified atom stereocenters. The van der Waals surface area contributed by atoms with E-state index in [2.05, 4.69) is 0 Å². The van der Waals surface area contributed by atoms with Crippen LogP contribution in [0.2, 0.25) is 0 Å². The van der Waals surface area contributed by atoms with E-state index in [-0.39, 0.29) is 5.91 Å². The molecule has 5 nitrogen and oxygen atoms in total. The number of amides is 1. The molecule has 1 saturated heterocycles. The van der Waals surface area contributed by atoms with Gasteiger partial charge in [0.1, 0.15) is 4.32 Å². The number of rotatable bonds is 7. The third-order valence-electron chi connectivity index (χ3n) is 3.31. The first-order valence-electron chi connectivity index (χ1n) is 7.07. The summed E-state index contributed by atoms with van der Waals surface area (Å²) in [5, 5.41) is 0. The van der Waals surface area contributed by atoms with Crippen LogP contribution in [0.1, 0.15) is 12.0 Å². The molecule has 1 heterocycles. The Morgan fingerprint density at radius 1 is 1.22 bits per heavy atom. The Kier molecular flexibility index (Phi) is 6.44. The predicted octanol–water partition coefficient (Wildman–Crippen LogP) is 2.94. The van der Waals surface area contributed by atoms with Crippen LogP contribution in [-0.2, 0) is 9.53 Å². The molecule has 7 heteroatoms. The average Bonchev–Trinajstić information content (AvgIpc) is 2.82. The average molecular weight is 353 g/mol. The zero-order valence-electron chi connectivity index (χ0n) is 13.3. The molecule has 1 aliphatic rings. The van der Waals surface area contributed by atoms with Crippen molar-refractivity contribution in [2.24, 2.45) is 0 Å². The van der Waals surface area contributed by atoms with Gasteiger partial charge in [-0.15, -0.1) is 0 Å². The second-order valence-electron chi connectivity index (χ2n) is 4.79. The van der Waals surface area contributed by atoms with Gasteiger partial charge in [0.2, 0.25) is 0 Å². The van der Waals surface area contributed by atoms with Crippen molar-refractivity contribution < 1.29 is 19.0 Å². The molecule has 0 N–H and O–H groups in total. The zero-order chi connectivity index (χ0) is 16.8.